The largest absolute Gasteiger partial charge is 0.486 e. The van der Waals surface area contributed by atoms with E-state index in [1.54, 1.807) is 13.3 Å². The number of hydrogen-bond acceptors (Lipinski definition) is 10. The zero-order valence-corrected chi connectivity index (χ0v) is 21.2. The molecule has 1 N–H and O–H groups in total. The zero-order valence-electron chi connectivity index (χ0n) is 20.4. The van der Waals surface area contributed by atoms with Crippen LogP contribution in [-0.4, -0.2) is 78.3 Å². The molecule has 4 aliphatic rings. The second kappa shape index (κ2) is 9.38. The van der Waals surface area contributed by atoms with Crippen molar-refractivity contribution < 1.29 is 19.3 Å². The lowest BCUT2D eigenvalue weighted by molar-refractivity contribution is 0.0975. The van der Waals surface area contributed by atoms with Gasteiger partial charge in [-0.25, -0.2) is 15.0 Å². The van der Waals surface area contributed by atoms with Gasteiger partial charge in [0.1, 0.15) is 17.3 Å². The molecule has 35 heavy (non-hydrogen) atoms. The van der Waals surface area contributed by atoms with Crippen molar-refractivity contribution in [3.05, 3.63) is 24.2 Å². The summed E-state index contributed by atoms with van der Waals surface area (Å²) in [6.45, 7) is 6.15. The molecule has 1 spiro atoms. The third kappa shape index (κ3) is 4.34. The van der Waals surface area contributed by atoms with E-state index in [4.69, 9.17) is 24.2 Å². The van der Waals surface area contributed by atoms with Gasteiger partial charge in [0, 0.05) is 32.9 Å². The molecule has 0 radical (unpaired) electrons. The number of hydrogen-bond donors (Lipinski definition) is 1. The molecular formula is C25H33N5O4S. The number of aliphatic hydroxyl groups is 1. The van der Waals surface area contributed by atoms with E-state index >= 15 is 0 Å². The minimum Gasteiger partial charge on any atom is -0.486 e. The first-order valence-electron chi connectivity index (χ1n) is 12.5. The highest BCUT2D eigenvalue weighted by Gasteiger charge is 2.42. The average molecular weight is 500 g/mol. The highest BCUT2D eigenvalue weighted by molar-refractivity contribution is 7.99. The average Bonchev–Trinajstić information content (AvgIpc) is 3.48. The van der Waals surface area contributed by atoms with Crippen LogP contribution in [0.4, 0.5) is 11.6 Å². The minimum atomic E-state index is -0.142. The molecular weight excluding hydrogens is 466 g/mol. The Balaban J connectivity index is 1.19. The number of rotatable bonds is 5. The van der Waals surface area contributed by atoms with Crippen LogP contribution in [0.3, 0.4) is 0 Å². The first-order chi connectivity index (χ1) is 17.1. The summed E-state index contributed by atoms with van der Waals surface area (Å²) < 4.78 is 17.6. The van der Waals surface area contributed by atoms with Crippen LogP contribution in [-0.2, 0) is 16.1 Å². The van der Waals surface area contributed by atoms with Crippen molar-refractivity contribution in [2.24, 2.45) is 5.41 Å². The summed E-state index contributed by atoms with van der Waals surface area (Å²) in [5.74, 6) is 2.44. The number of nitrogens with zero attached hydrogens (tertiary/aromatic N) is 5. The molecule has 0 saturated carbocycles. The maximum atomic E-state index is 10.1. The van der Waals surface area contributed by atoms with Crippen molar-refractivity contribution >= 4 is 23.4 Å². The second-order valence-electron chi connectivity index (χ2n) is 10.2. The Hall–Kier alpha value is -2.14. The topological polar surface area (TPSA) is 93.1 Å². The van der Waals surface area contributed by atoms with Crippen molar-refractivity contribution in [2.45, 2.75) is 67.4 Å². The highest BCUT2D eigenvalue weighted by Crippen LogP contribution is 2.45. The second-order valence-corrected chi connectivity index (χ2v) is 11.3. The molecule has 10 heteroatoms. The highest BCUT2D eigenvalue weighted by atomic mass is 32.2. The van der Waals surface area contributed by atoms with E-state index < -0.39 is 0 Å². The first-order valence-corrected chi connectivity index (χ1v) is 13.3. The van der Waals surface area contributed by atoms with E-state index in [9.17, 15) is 5.11 Å². The lowest BCUT2D eigenvalue weighted by Gasteiger charge is -2.39. The normalized spacial score (nSPS) is 27.1. The van der Waals surface area contributed by atoms with Gasteiger partial charge in [-0.05, 0) is 44.1 Å². The fourth-order valence-electron chi connectivity index (χ4n) is 6.00. The van der Waals surface area contributed by atoms with Crippen LogP contribution in [0.2, 0.25) is 0 Å². The number of piperidine rings is 1. The zero-order chi connectivity index (χ0) is 24.0. The quantitative estimate of drug-likeness (QED) is 0.662. The van der Waals surface area contributed by atoms with Gasteiger partial charge in [-0.15, -0.1) is 0 Å². The molecule has 3 fully saturated rings. The lowest BCUT2D eigenvalue weighted by Crippen LogP contribution is -2.41. The Morgan fingerprint density at radius 1 is 1.26 bits per heavy atom. The number of fused-ring (bicyclic) bond motifs is 3. The Labute approximate surface area is 210 Å². The molecule has 4 aliphatic heterocycles. The van der Waals surface area contributed by atoms with Gasteiger partial charge >= 0.3 is 0 Å². The number of pyridine rings is 1. The molecule has 188 valence electrons. The van der Waals surface area contributed by atoms with Gasteiger partial charge in [0.2, 0.25) is 0 Å². The molecule has 9 nitrogen and oxygen atoms in total. The van der Waals surface area contributed by atoms with Crippen molar-refractivity contribution in [3.63, 3.8) is 0 Å². The van der Waals surface area contributed by atoms with E-state index in [-0.39, 0.29) is 12.7 Å². The molecule has 3 saturated heterocycles. The molecule has 6 heterocycles. The molecule has 0 aliphatic carbocycles. The van der Waals surface area contributed by atoms with Gasteiger partial charge in [-0.2, -0.15) is 0 Å². The van der Waals surface area contributed by atoms with Gasteiger partial charge in [0.05, 0.1) is 42.6 Å². The number of aromatic nitrogens is 3. The fourth-order valence-corrected chi connectivity index (χ4v) is 6.86. The molecule has 0 unspecified atom stereocenters. The standard InChI is InChI=1S/C25H33N5O4S/c1-16-10-25(15-34-16)4-7-29(8-5-25)23-19(13-31)28-21(11-27-23)35-20-3-6-26-24-22(20)33-14-17-9-18(32-2)12-30(17)24/h3,6,11,16-18,31H,4-5,7-10,12-15H2,1-2H3/t16-,17+,18-/m0/s1. The minimum absolute atomic E-state index is 0.142. The van der Waals surface area contributed by atoms with Crippen LogP contribution >= 0.6 is 11.8 Å². The van der Waals surface area contributed by atoms with Crippen molar-refractivity contribution in [2.75, 3.05) is 49.8 Å². The smallest absolute Gasteiger partial charge is 0.175 e. The number of aliphatic hydroxyl groups excluding tert-OH is 1. The third-order valence-electron chi connectivity index (χ3n) is 7.93. The molecule has 2 aromatic rings. The van der Waals surface area contributed by atoms with Gasteiger partial charge in [0.25, 0.3) is 0 Å². The fraction of sp³-hybridized carbons (Fsp3) is 0.640. The van der Waals surface area contributed by atoms with Crippen LogP contribution in [0.1, 0.15) is 38.3 Å². The number of methoxy groups -OCH3 is 1. The Kier molecular flexibility index (Phi) is 6.24. The predicted octanol–water partition coefficient (Wildman–Crippen LogP) is 2.90. The van der Waals surface area contributed by atoms with Crippen molar-refractivity contribution in [3.8, 4) is 5.75 Å². The Morgan fingerprint density at radius 3 is 2.86 bits per heavy atom. The SMILES string of the molecule is CO[C@H]1C[C@@H]2COc3c(Sc4cnc(N5CCC6(CC5)CO[C@@H](C)C6)c(CO)n4)ccnc3N2C1. The summed E-state index contributed by atoms with van der Waals surface area (Å²) in [5.41, 5.74) is 0.921. The number of ether oxygens (including phenoxy) is 3. The summed E-state index contributed by atoms with van der Waals surface area (Å²) in [6.07, 6.45) is 8.44. The summed E-state index contributed by atoms with van der Waals surface area (Å²) in [4.78, 5) is 19.7. The molecule has 2 aromatic heterocycles. The predicted molar refractivity (Wildman–Crippen MR) is 132 cm³/mol. The molecule has 3 atom stereocenters. The summed E-state index contributed by atoms with van der Waals surface area (Å²) in [6, 6.07) is 2.25. The van der Waals surface area contributed by atoms with Gasteiger partial charge < -0.3 is 29.1 Å². The number of anilines is 2. The van der Waals surface area contributed by atoms with Crippen molar-refractivity contribution in [1.82, 2.24) is 15.0 Å². The Morgan fingerprint density at radius 2 is 2.11 bits per heavy atom. The van der Waals surface area contributed by atoms with Gasteiger partial charge in [0.15, 0.2) is 17.4 Å². The van der Waals surface area contributed by atoms with Gasteiger partial charge in [-0.3, -0.25) is 0 Å². The maximum absolute atomic E-state index is 10.1. The Bertz CT molecular complexity index is 1080. The van der Waals surface area contributed by atoms with Crippen LogP contribution in [0, 0.1) is 5.41 Å². The van der Waals surface area contributed by atoms with Crippen LogP contribution in [0.25, 0.3) is 0 Å². The maximum Gasteiger partial charge on any atom is 0.175 e. The molecule has 0 bridgehead atoms. The van der Waals surface area contributed by atoms with E-state index in [0.717, 1.165) is 79.2 Å². The van der Waals surface area contributed by atoms with Crippen molar-refractivity contribution in [1.29, 1.82) is 0 Å². The molecule has 6 rings (SSSR count). The van der Waals surface area contributed by atoms with E-state index in [1.807, 2.05) is 12.3 Å². The summed E-state index contributed by atoms with van der Waals surface area (Å²) in [7, 11) is 1.76. The lowest BCUT2D eigenvalue weighted by atomic mass is 9.77. The summed E-state index contributed by atoms with van der Waals surface area (Å²) in [5, 5.41) is 10.8. The van der Waals surface area contributed by atoms with Crippen LogP contribution in [0.15, 0.2) is 28.4 Å². The van der Waals surface area contributed by atoms with E-state index in [2.05, 4.69) is 21.7 Å². The van der Waals surface area contributed by atoms with Crippen LogP contribution in [0.5, 0.6) is 5.75 Å². The first kappa shape index (κ1) is 23.3. The third-order valence-corrected chi connectivity index (χ3v) is 8.88. The van der Waals surface area contributed by atoms with E-state index in [0.29, 0.717) is 29.9 Å². The molecule has 0 amide bonds. The van der Waals surface area contributed by atoms with Crippen LogP contribution < -0.4 is 14.5 Å². The monoisotopic (exact) mass is 499 g/mol. The van der Waals surface area contributed by atoms with E-state index in [1.165, 1.54) is 11.8 Å². The van der Waals surface area contributed by atoms with Gasteiger partial charge in [-0.1, -0.05) is 11.8 Å². The molecule has 0 aromatic carbocycles. The summed E-state index contributed by atoms with van der Waals surface area (Å²) >= 11 is 1.50.